The summed E-state index contributed by atoms with van der Waals surface area (Å²) >= 11 is 0. The van der Waals surface area contributed by atoms with Crippen LogP contribution >= 0.6 is 0 Å². The molecule has 0 aliphatic heterocycles. The van der Waals surface area contributed by atoms with Gasteiger partial charge >= 0.3 is 0 Å². The van der Waals surface area contributed by atoms with Crippen LogP contribution in [0.4, 0.5) is 11.5 Å². The Labute approximate surface area is 127 Å². The summed E-state index contributed by atoms with van der Waals surface area (Å²) in [4.78, 5) is 11.0. The van der Waals surface area contributed by atoms with Gasteiger partial charge in [0.25, 0.3) is 0 Å². The molecule has 0 fully saturated rings. The highest BCUT2D eigenvalue weighted by Crippen LogP contribution is 2.21. The third kappa shape index (κ3) is 4.26. The second-order valence-corrected chi connectivity index (χ2v) is 5.48. The second kappa shape index (κ2) is 7.18. The van der Waals surface area contributed by atoms with E-state index in [9.17, 15) is 0 Å². The van der Waals surface area contributed by atoms with E-state index >= 15 is 0 Å². The Morgan fingerprint density at radius 2 is 1.81 bits per heavy atom. The maximum Gasteiger partial charge on any atom is 0.151 e. The van der Waals surface area contributed by atoms with Gasteiger partial charge in [-0.05, 0) is 24.1 Å². The van der Waals surface area contributed by atoms with Crippen LogP contribution in [0.15, 0.2) is 36.7 Å². The van der Waals surface area contributed by atoms with E-state index in [4.69, 9.17) is 0 Å². The third-order valence-electron chi connectivity index (χ3n) is 3.46. The van der Waals surface area contributed by atoms with E-state index in [-0.39, 0.29) is 0 Å². The molecule has 1 aromatic heterocycles. The molecule has 0 radical (unpaired) electrons. The molecule has 4 heteroatoms. The normalized spacial score (nSPS) is 10.9. The van der Waals surface area contributed by atoms with Crippen LogP contribution in [0.5, 0.6) is 0 Å². The van der Waals surface area contributed by atoms with Crippen LogP contribution in [0.25, 0.3) is 0 Å². The Kier molecular flexibility index (Phi) is 5.28. The predicted octanol–water partition coefficient (Wildman–Crippen LogP) is 3.30. The Bertz CT molecular complexity index is 546. The standard InChI is InChI=1S/C17H24N4/c1-5-14-6-8-16(9-7-14)21(4)17-12-19-15(11-20-17)10-18-13(2)3/h6-9,11-13,18H,5,10H2,1-4H3. The van der Waals surface area contributed by atoms with Crippen molar-refractivity contribution in [1.82, 2.24) is 15.3 Å². The Hall–Kier alpha value is -1.94. The van der Waals surface area contributed by atoms with E-state index in [1.165, 1.54) is 5.56 Å². The molecule has 0 aliphatic rings. The van der Waals surface area contributed by atoms with E-state index in [1.807, 2.05) is 24.3 Å². The highest BCUT2D eigenvalue weighted by molar-refractivity contribution is 5.58. The number of nitrogens with one attached hydrogen (secondary N) is 1. The average Bonchev–Trinajstić information content (AvgIpc) is 2.53. The lowest BCUT2D eigenvalue weighted by Crippen LogP contribution is -2.22. The van der Waals surface area contributed by atoms with Crippen LogP contribution in [0.3, 0.4) is 0 Å². The van der Waals surface area contributed by atoms with Crippen molar-refractivity contribution in [3.63, 3.8) is 0 Å². The maximum atomic E-state index is 4.50. The third-order valence-corrected chi connectivity index (χ3v) is 3.46. The molecule has 0 saturated heterocycles. The summed E-state index contributed by atoms with van der Waals surface area (Å²) in [5, 5.41) is 3.34. The van der Waals surface area contributed by atoms with Gasteiger partial charge in [0.15, 0.2) is 5.82 Å². The van der Waals surface area contributed by atoms with Gasteiger partial charge in [-0.25, -0.2) is 4.98 Å². The molecule has 2 rings (SSSR count). The number of hydrogen-bond donors (Lipinski definition) is 1. The number of aryl methyl sites for hydroxylation is 1. The topological polar surface area (TPSA) is 41.1 Å². The fourth-order valence-corrected chi connectivity index (χ4v) is 2.01. The van der Waals surface area contributed by atoms with Gasteiger partial charge in [0.05, 0.1) is 18.1 Å². The van der Waals surface area contributed by atoms with E-state index < -0.39 is 0 Å². The molecular weight excluding hydrogens is 260 g/mol. The molecule has 1 heterocycles. The molecule has 0 aliphatic carbocycles. The molecule has 1 aromatic carbocycles. The lowest BCUT2D eigenvalue weighted by molar-refractivity contribution is 0.580. The summed E-state index contributed by atoms with van der Waals surface area (Å²) in [6.07, 6.45) is 4.72. The monoisotopic (exact) mass is 284 g/mol. The van der Waals surface area contributed by atoms with Crippen molar-refractivity contribution in [3.8, 4) is 0 Å². The summed E-state index contributed by atoms with van der Waals surface area (Å²) in [6, 6.07) is 9.00. The average molecular weight is 284 g/mol. The quantitative estimate of drug-likeness (QED) is 0.883. The van der Waals surface area contributed by atoms with Crippen LogP contribution in [0.2, 0.25) is 0 Å². The molecule has 112 valence electrons. The van der Waals surface area contributed by atoms with Gasteiger partial charge in [0, 0.05) is 25.3 Å². The number of benzene rings is 1. The van der Waals surface area contributed by atoms with Gasteiger partial charge in [-0.3, -0.25) is 4.98 Å². The van der Waals surface area contributed by atoms with E-state index in [0.29, 0.717) is 6.04 Å². The number of anilines is 2. The Morgan fingerprint density at radius 3 is 2.33 bits per heavy atom. The molecule has 21 heavy (non-hydrogen) atoms. The van der Waals surface area contributed by atoms with Gasteiger partial charge < -0.3 is 10.2 Å². The molecular formula is C17H24N4. The summed E-state index contributed by atoms with van der Waals surface area (Å²) in [5.74, 6) is 0.854. The van der Waals surface area contributed by atoms with Crippen LogP contribution < -0.4 is 10.2 Å². The zero-order chi connectivity index (χ0) is 15.2. The van der Waals surface area contributed by atoms with Crippen molar-refractivity contribution in [1.29, 1.82) is 0 Å². The largest absolute Gasteiger partial charge is 0.328 e. The molecule has 0 atom stereocenters. The first-order valence-electron chi connectivity index (χ1n) is 7.47. The van der Waals surface area contributed by atoms with E-state index in [0.717, 1.165) is 30.2 Å². The van der Waals surface area contributed by atoms with Crippen LogP contribution in [-0.4, -0.2) is 23.1 Å². The van der Waals surface area contributed by atoms with E-state index in [1.54, 1.807) is 0 Å². The minimum Gasteiger partial charge on any atom is -0.328 e. The van der Waals surface area contributed by atoms with Crippen LogP contribution in [0, 0.1) is 0 Å². The van der Waals surface area contributed by atoms with Gasteiger partial charge in [-0.1, -0.05) is 32.9 Å². The summed E-state index contributed by atoms with van der Waals surface area (Å²) < 4.78 is 0. The lowest BCUT2D eigenvalue weighted by Gasteiger charge is -2.18. The zero-order valence-corrected chi connectivity index (χ0v) is 13.3. The van der Waals surface area contributed by atoms with Gasteiger partial charge in [0.1, 0.15) is 0 Å². The van der Waals surface area contributed by atoms with Gasteiger partial charge in [-0.15, -0.1) is 0 Å². The maximum absolute atomic E-state index is 4.50. The van der Waals surface area contributed by atoms with Crippen molar-refractivity contribution < 1.29 is 0 Å². The molecule has 0 unspecified atom stereocenters. The van der Waals surface area contributed by atoms with Crippen molar-refractivity contribution in [3.05, 3.63) is 47.9 Å². The smallest absolute Gasteiger partial charge is 0.151 e. The highest BCUT2D eigenvalue weighted by Gasteiger charge is 2.06. The van der Waals surface area contributed by atoms with Gasteiger partial charge in [0.2, 0.25) is 0 Å². The number of aromatic nitrogens is 2. The minimum atomic E-state index is 0.450. The van der Waals surface area contributed by atoms with Crippen LogP contribution in [0.1, 0.15) is 32.0 Å². The second-order valence-electron chi connectivity index (χ2n) is 5.48. The number of hydrogen-bond acceptors (Lipinski definition) is 4. The molecule has 0 spiro atoms. The molecule has 2 aromatic rings. The first kappa shape index (κ1) is 15.4. The van der Waals surface area contributed by atoms with E-state index in [2.05, 4.69) is 60.3 Å². The SMILES string of the molecule is CCc1ccc(N(C)c2cnc(CNC(C)C)cn2)cc1. The molecule has 0 amide bonds. The minimum absolute atomic E-state index is 0.450. The summed E-state index contributed by atoms with van der Waals surface area (Å²) in [7, 11) is 2.01. The number of nitrogens with zero attached hydrogens (tertiary/aromatic N) is 3. The van der Waals surface area contributed by atoms with Crippen molar-refractivity contribution in [2.24, 2.45) is 0 Å². The molecule has 0 saturated carbocycles. The fourth-order valence-electron chi connectivity index (χ4n) is 2.01. The van der Waals surface area contributed by atoms with Gasteiger partial charge in [-0.2, -0.15) is 0 Å². The first-order valence-corrected chi connectivity index (χ1v) is 7.47. The Morgan fingerprint density at radius 1 is 1.10 bits per heavy atom. The first-order chi connectivity index (χ1) is 10.1. The van der Waals surface area contributed by atoms with Crippen LogP contribution in [-0.2, 0) is 13.0 Å². The lowest BCUT2D eigenvalue weighted by atomic mass is 10.1. The fraction of sp³-hybridized carbons (Fsp3) is 0.412. The highest BCUT2D eigenvalue weighted by atomic mass is 15.2. The Balaban J connectivity index is 2.06. The van der Waals surface area contributed by atoms with Crippen molar-refractivity contribution in [2.45, 2.75) is 39.8 Å². The molecule has 1 N–H and O–H groups in total. The summed E-state index contributed by atoms with van der Waals surface area (Å²) in [5.41, 5.74) is 3.42. The summed E-state index contributed by atoms with van der Waals surface area (Å²) in [6.45, 7) is 7.15. The molecule has 4 nitrogen and oxygen atoms in total. The van der Waals surface area contributed by atoms with Crippen molar-refractivity contribution >= 4 is 11.5 Å². The van der Waals surface area contributed by atoms with Crippen molar-refractivity contribution in [2.75, 3.05) is 11.9 Å². The number of rotatable bonds is 6. The molecule has 0 bridgehead atoms. The zero-order valence-electron chi connectivity index (χ0n) is 13.3. The predicted molar refractivity (Wildman–Crippen MR) is 87.9 cm³/mol.